The molecule has 4 rings (SSSR count). The number of nitrogens with zero attached hydrogens (tertiary/aromatic N) is 1. The highest BCUT2D eigenvalue weighted by Gasteiger charge is 2.42. The Morgan fingerprint density at radius 2 is 1.80 bits per heavy atom. The van der Waals surface area contributed by atoms with Crippen LogP contribution in [0.3, 0.4) is 0 Å². The fourth-order valence-corrected chi connectivity index (χ4v) is 4.48. The molecule has 3 aliphatic rings. The Balaban J connectivity index is 1.42. The van der Waals surface area contributed by atoms with Crippen LogP contribution in [0.2, 0.25) is 0 Å². The molecular formula is C20H26N2O3. The highest BCUT2D eigenvalue weighted by atomic mass is 16.5. The standard InChI is InChI=1S/C20H26N2O3/c1-25-20(10-5-11-20)13-21-14-6-4-7-15(12-14)22-18(23)16-8-2-3-9-17(16)19(22)24/h2-3,8-9,14-15,21H,4-7,10-13H2,1H3/t14-,15+/m1/s1. The number of rotatable bonds is 5. The number of hydrogen-bond donors (Lipinski definition) is 1. The number of ether oxygens (including phenoxy) is 1. The molecule has 0 aromatic heterocycles. The first-order chi connectivity index (χ1) is 12.1. The molecule has 1 N–H and O–H groups in total. The minimum Gasteiger partial charge on any atom is -0.377 e. The van der Waals surface area contributed by atoms with E-state index in [0.717, 1.165) is 45.1 Å². The molecule has 1 heterocycles. The fraction of sp³-hybridized carbons (Fsp3) is 0.600. The van der Waals surface area contributed by atoms with Crippen molar-refractivity contribution in [1.82, 2.24) is 10.2 Å². The van der Waals surface area contributed by atoms with Gasteiger partial charge in [-0.25, -0.2) is 0 Å². The van der Waals surface area contributed by atoms with Crippen LogP contribution >= 0.6 is 0 Å². The molecule has 0 radical (unpaired) electrons. The number of hydrogen-bond acceptors (Lipinski definition) is 4. The van der Waals surface area contributed by atoms with E-state index in [1.165, 1.54) is 11.3 Å². The van der Waals surface area contributed by atoms with Crippen LogP contribution in [0.5, 0.6) is 0 Å². The second-order valence-electron chi connectivity index (χ2n) is 7.66. The summed E-state index contributed by atoms with van der Waals surface area (Å²) in [5.41, 5.74) is 1.11. The predicted octanol–water partition coefficient (Wildman–Crippen LogP) is 2.75. The topological polar surface area (TPSA) is 58.6 Å². The second-order valence-corrected chi connectivity index (χ2v) is 7.66. The molecule has 0 unspecified atom stereocenters. The van der Waals surface area contributed by atoms with Crippen molar-refractivity contribution in [2.45, 2.75) is 62.6 Å². The number of fused-ring (bicyclic) bond motifs is 1. The number of methoxy groups -OCH3 is 1. The van der Waals surface area contributed by atoms with Gasteiger partial charge < -0.3 is 10.1 Å². The van der Waals surface area contributed by atoms with Crippen molar-refractivity contribution in [2.75, 3.05) is 13.7 Å². The van der Waals surface area contributed by atoms with E-state index in [-0.39, 0.29) is 23.5 Å². The summed E-state index contributed by atoms with van der Waals surface area (Å²) in [4.78, 5) is 26.9. The molecule has 1 aromatic rings. The highest BCUT2D eigenvalue weighted by Crippen LogP contribution is 2.35. The van der Waals surface area contributed by atoms with Gasteiger partial charge in [-0.3, -0.25) is 14.5 Å². The van der Waals surface area contributed by atoms with E-state index >= 15 is 0 Å². The van der Waals surface area contributed by atoms with Crippen molar-refractivity contribution in [1.29, 1.82) is 0 Å². The first kappa shape index (κ1) is 16.7. The Kier molecular flexibility index (Phi) is 4.38. The maximum atomic E-state index is 12.7. The van der Waals surface area contributed by atoms with Gasteiger partial charge in [0.1, 0.15) is 0 Å². The highest BCUT2D eigenvalue weighted by molar-refractivity contribution is 6.21. The third kappa shape index (κ3) is 2.89. The van der Waals surface area contributed by atoms with Gasteiger partial charge in [-0.1, -0.05) is 12.1 Å². The van der Waals surface area contributed by atoms with Gasteiger partial charge in [-0.15, -0.1) is 0 Å². The van der Waals surface area contributed by atoms with Crippen molar-refractivity contribution in [3.63, 3.8) is 0 Å². The smallest absolute Gasteiger partial charge is 0.261 e. The van der Waals surface area contributed by atoms with E-state index in [0.29, 0.717) is 17.2 Å². The van der Waals surface area contributed by atoms with Crippen LogP contribution in [0, 0.1) is 0 Å². The number of carbonyl (C=O) groups is 2. The summed E-state index contributed by atoms with van der Waals surface area (Å²) in [5.74, 6) is -0.253. The molecule has 2 saturated carbocycles. The quantitative estimate of drug-likeness (QED) is 0.836. The summed E-state index contributed by atoms with van der Waals surface area (Å²) < 4.78 is 5.69. The Labute approximate surface area is 148 Å². The molecule has 1 aliphatic heterocycles. The van der Waals surface area contributed by atoms with E-state index in [1.807, 2.05) is 12.1 Å². The van der Waals surface area contributed by atoms with Crippen LogP contribution in [0.4, 0.5) is 0 Å². The Morgan fingerprint density at radius 3 is 2.36 bits per heavy atom. The summed E-state index contributed by atoms with van der Waals surface area (Å²) in [6.07, 6.45) is 7.34. The number of nitrogens with one attached hydrogen (secondary N) is 1. The zero-order valence-corrected chi connectivity index (χ0v) is 14.8. The monoisotopic (exact) mass is 342 g/mol. The summed E-state index contributed by atoms with van der Waals surface area (Å²) in [6.45, 7) is 0.864. The van der Waals surface area contributed by atoms with Gasteiger partial charge >= 0.3 is 0 Å². The van der Waals surface area contributed by atoms with E-state index in [9.17, 15) is 9.59 Å². The summed E-state index contributed by atoms with van der Waals surface area (Å²) in [7, 11) is 1.79. The first-order valence-electron chi connectivity index (χ1n) is 9.39. The number of benzene rings is 1. The molecule has 134 valence electrons. The van der Waals surface area contributed by atoms with E-state index in [4.69, 9.17) is 4.74 Å². The predicted molar refractivity (Wildman–Crippen MR) is 94.6 cm³/mol. The van der Waals surface area contributed by atoms with Crippen LogP contribution in [-0.2, 0) is 4.74 Å². The van der Waals surface area contributed by atoms with Gasteiger partial charge in [-0.05, 0) is 57.1 Å². The molecule has 2 atom stereocenters. The van der Waals surface area contributed by atoms with E-state index < -0.39 is 0 Å². The summed E-state index contributed by atoms with van der Waals surface area (Å²) in [6, 6.07) is 7.50. The molecule has 2 amide bonds. The molecule has 1 aromatic carbocycles. The number of imide groups is 1. The zero-order chi connectivity index (χ0) is 17.4. The molecule has 2 aliphatic carbocycles. The molecule has 0 bridgehead atoms. The van der Waals surface area contributed by atoms with Crippen LogP contribution < -0.4 is 5.32 Å². The van der Waals surface area contributed by atoms with Crippen molar-refractivity contribution in [3.8, 4) is 0 Å². The number of carbonyl (C=O) groups excluding carboxylic acids is 2. The Hall–Kier alpha value is -1.72. The summed E-state index contributed by atoms with van der Waals surface area (Å²) in [5, 5.41) is 3.65. The van der Waals surface area contributed by atoms with Crippen molar-refractivity contribution < 1.29 is 14.3 Å². The minimum atomic E-state index is -0.126. The lowest BCUT2D eigenvalue weighted by Crippen LogP contribution is -2.53. The lowest BCUT2D eigenvalue weighted by molar-refractivity contribution is -0.0717. The van der Waals surface area contributed by atoms with E-state index in [2.05, 4.69) is 5.32 Å². The normalized spacial score (nSPS) is 28.0. The fourth-order valence-electron chi connectivity index (χ4n) is 4.48. The van der Waals surface area contributed by atoms with E-state index in [1.54, 1.807) is 19.2 Å². The van der Waals surface area contributed by atoms with Crippen LogP contribution in [0.25, 0.3) is 0 Å². The van der Waals surface area contributed by atoms with Crippen LogP contribution in [0.1, 0.15) is 65.7 Å². The second kappa shape index (κ2) is 6.54. The van der Waals surface area contributed by atoms with Gasteiger partial charge in [0.15, 0.2) is 0 Å². The zero-order valence-electron chi connectivity index (χ0n) is 14.8. The van der Waals surface area contributed by atoms with Crippen LogP contribution in [0.15, 0.2) is 24.3 Å². The molecular weight excluding hydrogens is 316 g/mol. The van der Waals surface area contributed by atoms with Crippen molar-refractivity contribution in [3.05, 3.63) is 35.4 Å². The average Bonchev–Trinajstić information content (AvgIpc) is 2.86. The van der Waals surface area contributed by atoms with Gasteiger partial charge in [0, 0.05) is 25.7 Å². The largest absolute Gasteiger partial charge is 0.377 e. The molecule has 0 spiro atoms. The number of amides is 2. The van der Waals surface area contributed by atoms with Gasteiger partial charge in [-0.2, -0.15) is 0 Å². The first-order valence-corrected chi connectivity index (χ1v) is 9.39. The minimum absolute atomic E-state index is 0.00136. The van der Waals surface area contributed by atoms with Gasteiger partial charge in [0.25, 0.3) is 11.8 Å². The SMILES string of the molecule is COC1(CN[C@@H]2CCC[C@H](N3C(=O)c4ccccc4C3=O)C2)CCC1. The molecule has 2 fully saturated rings. The van der Waals surface area contributed by atoms with Crippen LogP contribution in [-0.4, -0.2) is 48.1 Å². The lowest BCUT2D eigenvalue weighted by atomic mass is 9.79. The van der Waals surface area contributed by atoms with Crippen molar-refractivity contribution in [2.24, 2.45) is 0 Å². The Morgan fingerprint density at radius 1 is 1.12 bits per heavy atom. The molecule has 25 heavy (non-hydrogen) atoms. The van der Waals surface area contributed by atoms with Crippen molar-refractivity contribution >= 4 is 11.8 Å². The molecule has 5 heteroatoms. The molecule has 5 nitrogen and oxygen atoms in total. The van der Waals surface area contributed by atoms with Gasteiger partial charge in [0.2, 0.25) is 0 Å². The van der Waals surface area contributed by atoms with Gasteiger partial charge in [0.05, 0.1) is 16.7 Å². The third-order valence-electron chi connectivity index (χ3n) is 6.25. The average molecular weight is 342 g/mol. The lowest BCUT2D eigenvalue weighted by Gasteiger charge is -2.43. The maximum Gasteiger partial charge on any atom is 0.261 e. The summed E-state index contributed by atoms with van der Waals surface area (Å²) >= 11 is 0. The Bertz CT molecular complexity index is 643. The third-order valence-corrected chi connectivity index (χ3v) is 6.25. The maximum absolute atomic E-state index is 12.7. The molecule has 0 saturated heterocycles.